The van der Waals surface area contributed by atoms with Crippen molar-refractivity contribution in [1.82, 2.24) is 24.5 Å². The van der Waals surface area contributed by atoms with E-state index in [2.05, 4.69) is 60.8 Å². The maximum Gasteiger partial charge on any atom is 0.158 e. The van der Waals surface area contributed by atoms with E-state index in [1.165, 1.54) is 50.1 Å². The number of thiophene rings is 1. The zero-order chi connectivity index (χ0) is 25.8. The van der Waals surface area contributed by atoms with E-state index in [0.717, 1.165) is 25.0 Å². The molecule has 9 heteroatoms. The Kier molecular flexibility index (Phi) is 5.24. The monoisotopic (exact) mass is 537 g/mol. The lowest BCUT2D eigenvalue weighted by atomic mass is 9.88. The lowest BCUT2D eigenvalue weighted by Crippen LogP contribution is -2.43. The molecule has 37 heavy (non-hydrogen) atoms. The van der Waals surface area contributed by atoms with Crippen LogP contribution in [-0.2, 0) is 9.84 Å². The van der Waals surface area contributed by atoms with E-state index < -0.39 is 9.84 Å². The van der Waals surface area contributed by atoms with Crippen LogP contribution in [0.1, 0.15) is 72.1 Å². The quantitative estimate of drug-likeness (QED) is 0.379. The summed E-state index contributed by atoms with van der Waals surface area (Å²) < 4.78 is 26.0. The van der Waals surface area contributed by atoms with Crippen molar-refractivity contribution < 1.29 is 8.42 Å². The third kappa shape index (κ3) is 3.49. The van der Waals surface area contributed by atoms with Crippen molar-refractivity contribution in [2.75, 3.05) is 18.1 Å². The molecule has 2 aliphatic heterocycles. The van der Waals surface area contributed by atoms with Gasteiger partial charge in [-0.3, -0.25) is 4.90 Å². The van der Waals surface area contributed by atoms with Gasteiger partial charge in [-0.2, -0.15) is 5.10 Å². The van der Waals surface area contributed by atoms with Gasteiger partial charge in [0.2, 0.25) is 0 Å². The van der Waals surface area contributed by atoms with Gasteiger partial charge in [-0.25, -0.2) is 17.9 Å². The molecule has 1 N–H and O–H groups in total. The third-order valence-electron chi connectivity index (χ3n) is 9.53. The fourth-order valence-electron chi connectivity index (χ4n) is 7.64. The van der Waals surface area contributed by atoms with Crippen molar-refractivity contribution >= 4 is 37.0 Å². The van der Waals surface area contributed by atoms with Gasteiger partial charge in [0.15, 0.2) is 15.5 Å². The van der Waals surface area contributed by atoms with Crippen molar-refractivity contribution in [1.29, 1.82) is 0 Å². The molecule has 196 valence electrons. The van der Waals surface area contributed by atoms with E-state index in [0.29, 0.717) is 35.3 Å². The van der Waals surface area contributed by atoms with Crippen molar-refractivity contribution in [2.45, 2.75) is 77.8 Å². The van der Waals surface area contributed by atoms with Gasteiger partial charge in [0.25, 0.3) is 0 Å². The van der Waals surface area contributed by atoms with Gasteiger partial charge in [0.05, 0.1) is 17.2 Å². The van der Waals surface area contributed by atoms with Crippen LogP contribution in [0.25, 0.3) is 27.1 Å². The number of H-pyrrole nitrogens is 1. The van der Waals surface area contributed by atoms with E-state index in [9.17, 15) is 8.42 Å². The molecule has 4 atom stereocenters. The number of fused-ring (bicyclic) bond motifs is 4. The number of aryl methyl sites for hydroxylation is 2. The number of nitrogens with one attached hydrogen (secondary N) is 1. The first-order chi connectivity index (χ1) is 17.6. The minimum atomic E-state index is -2.84. The molecule has 4 aromatic heterocycles. The number of pyridine rings is 1. The third-order valence-corrected chi connectivity index (χ3v) is 12.6. The van der Waals surface area contributed by atoms with Gasteiger partial charge in [0.1, 0.15) is 11.2 Å². The standard InChI is InChI=1S/C28H35N5O2S2/c1-14(2)23-24-17(5)26(21-9-20-8-18(21)10-32(20)19-6-7-37(34,35)12-19)36-28(24)31-25(23)22-11-33-27(29-13-30-33)16(4)15(22)3/h11,13-14,18-21,31H,6-10,12H2,1-5H3/t18-,19?,20-,21?/m0/s1. The number of piperidine rings is 1. The summed E-state index contributed by atoms with van der Waals surface area (Å²) in [5.74, 6) is 2.34. The summed E-state index contributed by atoms with van der Waals surface area (Å²) in [5.41, 5.74) is 8.58. The van der Waals surface area contributed by atoms with Crippen molar-refractivity contribution in [3.8, 4) is 11.3 Å². The number of hydrogen-bond acceptors (Lipinski definition) is 6. The van der Waals surface area contributed by atoms with Crippen LogP contribution in [0.3, 0.4) is 0 Å². The second kappa shape index (κ2) is 8.13. The Hall–Kier alpha value is -2.23. The molecule has 6 heterocycles. The van der Waals surface area contributed by atoms with Crippen molar-refractivity contribution in [3.05, 3.63) is 39.7 Å². The number of rotatable bonds is 4. The SMILES string of the molecule is Cc1c(-c2[nH]c3sc(C4C[C@@H]5C[C@H]4CN5C4CCS(=O)(=O)C4)c(C)c3c2C(C)C)cn2ncnc2c1C. The average Bonchev–Trinajstić information content (AvgIpc) is 3.66. The fourth-order valence-corrected chi connectivity index (χ4v) is 10.8. The summed E-state index contributed by atoms with van der Waals surface area (Å²) >= 11 is 1.95. The lowest BCUT2D eigenvalue weighted by molar-refractivity contribution is 0.153. The van der Waals surface area contributed by atoms with Gasteiger partial charge in [-0.05, 0) is 80.0 Å². The molecule has 2 bridgehead atoms. The summed E-state index contributed by atoms with van der Waals surface area (Å²) in [6.45, 7) is 12.3. The molecular weight excluding hydrogens is 502 g/mol. The Labute approximate surface area is 222 Å². The Morgan fingerprint density at radius 3 is 2.59 bits per heavy atom. The number of aromatic nitrogens is 4. The summed E-state index contributed by atoms with van der Waals surface area (Å²) in [4.78, 5) is 13.7. The van der Waals surface area contributed by atoms with Gasteiger partial charge in [-0.15, -0.1) is 11.3 Å². The van der Waals surface area contributed by atoms with Crippen molar-refractivity contribution in [2.24, 2.45) is 5.92 Å². The molecule has 3 aliphatic rings. The van der Waals surface area contributed by atoms with Crippen LogP contribution in [0.2, 0.25) is 0 Å². The molecule has 2 unspecified atom stereocenters. The normalized spacial score (nSPS) is 27.5. The highest BCUT2D eigenvalue weighted by Gasteiger charge is 2.49. The first-order valence-corrected chi connectivity index (χ1v) is 16.2. The number of likely N-dealkylation sites (tertiary alicyclic amines) is 1. The van der Waals surface area contributed by atoms with Crippen LogP contribution in [0.15, 0.2) is 12.5 Å². The van der Waals surface area contributed by atoms with Gasteiger partial charge in [0, 0.05) is 40.7 Å². The second-order valence-electron chi connectivity index (χ2n) is 11.9. The molecule has 4 aromatic rings. The van der Waals surface area contributed by atoms with Gasteiger partial charge >= 0.3 is 0 Å². The van der Waals surface area contributed by atoms with Crippen LogP contribution >= 0.6 is 11.3 Å². The second-order valence-corrected chi connectivity index (χ2v) is 15.2. The van der Waals surface area contributed by atoms with Crippen LogP contribution in [0, 0.1) is 26.7 Å². The molecule has 2 saturated heterocycles. The average molecular weight is 538 g/mol. The molecule has 0 spiro atoms. The molecule has 7 nitrogen and oxygen atoms in total. The topological polar surface area (TPSA) is 83.4 Å². The summed E-state index contributed by atoms with van der Waals surface area (Å²) in [6.07, 6.45) is 6.94. The van der Waals surface area contributed by atoms with E-state index in [-0.39, 0.29) is 6.04 Å². The molecular formula is C28H35N5O2S2. The fraction of sp³-hybridized carbons (Fsp3) is 0.571. The molecule has 1 aliphatic carbocycles. The maximum atomic E-state index is 12.1. The van der Waals surface area contributed by atoms with E-state index >= 15 is 0 Å². The number of hydrogen-bond donors (Lipinski definition) is 1. The highest BCUT2D eigenvalue weighted by Crippen LogP contribution is 2.53. The Balaban J connectivity index is 1.25. The number of nitrogens with zero attached hydrogens (tertiary/aromatic N) is 4. The zero-order valence-corrected chi connectivity index (χ0v) is 23.8. The minimum Gasteiger partial charge on any atom is -0.346 e. The zero-order valence-electron chi connectivity index (χ0n) is 22.2. The maximum absolute atomic E-state index is 12.1. The molecule has 0 amide bonds. The number of sulfone groups is 1. The van der Waals surface area contributed by atoms with E-state index in [4.69, 9.17) is 0 Å². The Morgan fingerprint density at radius 2 is 1.92 bits per heavy atom. The molecule has 0 radical (unpaired) electrons. The summed E-state index contributed by atoms with van der Waals surface area (Å²) in [6, 6.07) is 0.775. The summed E-state index contributed by atoms with van der Waals surface area (Å²) in [5, 5.41) is 5.83. The predicted octanol–water partition coefficient (Wildman–Crippen LogP) is 5.35. The largest absolute Gasteiger partial charge is 0.346 e. The Morgan fingerprint density at radius 1 is 1.11 bits per heavy atom. The van der Waals surface area contributed by atoms with Crippen molar-refractivity contribution in [3.63, 3.8) is 0 Å². The Bertz CT molecular complexity index is 1660. The molecule has 1 saturated carbocycles. The molecule has 0 aromatic carbocycles. The number of aromatic amines is 1. The predicted molar refractivity (Wildman–Crippen MR) is 149 cm³/mol. The lowest BCUT2D eigenvalue weighted by Gasteiger charge is -2.35. The first-order valence-electron chi connectivity index (χ1n) is 13.5. The van der Waals surface area contributed by atoms with Crippen LogP contribution in [-0.4, -0.2) is 63.0 Å². The van der Waals surface area contributed by atoms with Crippen LogP contribution in [0.5, 0.6) is 0 Å². The minimum absolute atomic E-state index is 0.240. The highest BCUT2D eigenvalue weighted by molar-refractivity contribution is 7.91. The van der Waals surface area contributed by atoms with Crippen LogP contribution in [0.4, 0.5) is 0 Å². The highest BCUT2D eigenvalue weighted by atomic mass is 32.2. The smallest absolute Gasteiger partial charge is 0.158 e. The van der Waals surface area contributed by atoms with Gasteiger partial charge < -0.3 is 4.98 Å². The van der Waals surface area contributed by atoms with E-state index in [1.807, 2.05) is 15.9 Å². The van der Waals surface area contributed by atoms with Crippen LogP contribution < -0.4 is 0 Å². The molecule has 3 fully saturated rings. The molecule has 7 rings (SSSR count). The van der Waals surface area contributed by atoms with E-state index in [1.54, 1.807) is 11.2 Å². The first kappa shape index (κ1) is 23.9. The van der Waals surface area contributed by atoms with Gasteiger partial charge in [-0.1, -0.05) is 13.8 Å². The summed E-state index contributed by atoms with van der Waals surface area (Å²) in [7, 11) is -2.84.